The molecule has 1 atom stereocenters. The summed E-state index contributed by atoms with van der Waals surface area (Å²) >= 11 is 0. The highest BCUT2D eigenvalue weighted by Crippen LogP contribution is 2.25. The van der Waals surface area contributed by atoms with E-state index in [9.17, 15) is 9.59 Å². The van der Waals surface area contributed by atoms with Gasteiger partial charge in [0.1, 0.15) is 11.2 Å². The van der Waals surface area contributed by atoms with Crippen LogP contribution in [0.1, 0.15) is 53.2 Å². The van der Waals surface area contributed by atoms with Crippen LogP contribution in [0.2, 0.25) is 0 Å². The van der Waals surface area contributed by atoms with Crippen LogP contribution in [0.4, 0.5) is 10.5 Å². The number of aryl methyl sites for hydroxylation is 1. The fourth-order valence-corrected chi connectivity index (χ4v) is 4.37. The highest BCUT2D eigenvalue weighted by atomic mass is 16.6. The van der Waals surface area contributed by atoms with Gasteiger partial charge in [0.05, 0.1) is 11.3 Å². The van der Waals surface area contributed by atoms with Crippen molar-refractivity contribution in [1.29, 1.82) is 0 Å². The maximum atomic E-state index is 13.4. The molecule has 3 aromatic rings. The van der Waals surface area contributed by atoms with E-state index >= 15 is 0 Å². The van der Waals surface area contributed by atoms with E-state index in [2.05, 4.69) is 19.2 Å². The second-order valence-electron chi connectivity index (χ2n) is 10.7. The lowest BCUT2D eigenvalue weighted by Gasteiger charge is -2.24. The summed E-state index contributed by atoms with van der Waals surface area (Å²) in [6.07, 6.45) is 4.09. The number of aromatic nitrogens is 2. The Hall–Kier alpha value is -3.35. The van der Waals surface area contributed by atoms with E-state index in [4.69, 9.17) is 9.72 Å². The van der Waals surface area contributed by atoms with Crippen LogP contribution in [0, 0.1) is 5.92 Å². The van der Waals surface area contributed by atoms with Crippen molar-refractivity contribution in [1.82, 2.24) is 14.3 Å². The molecule has 1 aromatic carbocycles. The third kappa shape index (κ3) is 6.02. The molecule has 0 aliphatic carbocycles. The smallest absolute Gasteiger partial charge is 0.410 e. The number of benzene rings is 1. The minimum Gasteiger partial charge on any atom is -0.444 e. The number of carbonyl (C=O) groups is 1. The number of ether oxygens (including phenoxy) is 1. The van der Waals surface area contributed by atoms with Crippen LogP contribution in [-0.4, -0.2) is 45.1 Å². The van der Waals surface area contributed by atoms with Gasteiger partial charge in [0.2, 0.25) is 0 Å². The molecule has 0 saturated carbocycles. The normalized spacial score (nSPS) is 16.2. The number of anilines is 1. The Morgan fingerprint density at radius 1 is 1.17 bits per heavy atom. The van der Waals surface area contributed by atoms with E-state index in [0.29, 0.717) is 30.2 Å². The Bertz CT molecular complexity index is 1240. The lowest BCUT2D eigenvalue weighted by molar-refractivity contribution is 0.0293. The summed E-state index contributed by atoms with van der Waals surface area (Å²) in [5, 5.41) is 3.52. The second kappa shape index (κ2) is 10.1. The number of nitrogens with one attached hydrogen (secondary N) is 1. The predicted octanol–water partition coefficient (Wildman–Crippen LogP) is 5.37. The number of rotatable bonds is 6. The first-order valence-corrected chi connectivity index (χ1v) is 12.5. The number of carbonyl (C=O) groups excluding carboxylic acids is 1. The van der Waals surface area contributed by atoms with Gasteiger partial charge in [-0.2, -0.15) is 0 Å². The minimum atomic E-state index is -0.497. The highest BCUT2D eigenvalue weighted by molar-refractivity contribution is 5.70. The van der Waals surface area contributed by atoms with Crippen molar-refractivity contribution in [3.8, 4) is 11.1 Å². The molecule has 2 aromatic heterocycles. The number of nitrogens with zero attached hydrogens (tertiary/aromatic N) is 3. The Labute approximate surface area is 207 Å². The standard InChI is InChI=1S/C28H36N4O3/c1-19(2)9-14-23-25(26(33)32-16-7-6-8-24(32)30-23)20-10-12-21(13-11-20)29-22-15-17-31(18-22)27(34)35-28(3,4)5/h6-8,10-13,16,19,22,29H,9,14-15,17-18H2,1-5H3/t22-/m1/s1. The molecule has 7 heteroatoms. The molecule has 35 heavy (non-hydrogen) atoms. The van der Waals surface area contributed by atoms with Gasteiger partial charge in [-0.3, -0.25) is 9.20 Å². The van der Waals surface area contributed by atoms with E-state index < -0.39 is 5.60 Å². The Morgan fingerprint density at radius 2 is 1.91 bits per heavy atom. The molecule has 1 fully saturated rings. The van der Waals surface area contributed by atoms with Gasteiger partial charge in [-0.25, -0.2) is 9.78 Å². The molecule has 3 heterocycles. The number of amides is 1. The zero-order chi connectivity index (χ0) is 25.2. The predicted molar refractivity (Wildman–Crippen MR) is 140 cm³/mol. The molecule has 1 aliphatic rings. The van der Waals surface area contributed by atoms with Gasteiger partial charge in [-0.15, -0.1) is 0 Å². The molecule has 0 spiro atoms. The van der Waals surface area contributed by atoms with Gasteiger partial charge in [0.15, 0.2) is 0 Å². The van der Waals surface area contributed by atoms with E-state index in [0.717, 1.165) is 36.2 Å². The van der Waals surface area contributed by atoms with E-state index in [1.54, 1.807) is 15.5 Å². The fraction of sp³-hybridized carbons (Fsp3) is 0.464. The summed E-state index contributed by atoms with van der Waals surface area (Å²) in [4.78, 5) is 32.4. The van der Waals surface area contributed by atoms with Crippen LogP contribution >= 0.6 is 0 Å². The number of fused-ring (bicyclic) bond motifs is 1. The van der Waals surface area contributed by atoms with Gasteiger partial charge in [0, 0.05) is 31.0 Å². The minimum absolute atomic E-state index is 0.0427. The SMILES string of the molecule is CC(C)CCc1nc2ccccn2c(=O)c1-c1ccc(N[C@@H]2CCN(C(=O)OC(C)(C)C)C2)cc1. The zero-order valence-corrected chi connectivity index (χ0v) is 21.4. The van der Waals surface area contributed by atoms with Crippen LogP contribution in [0.15, 0.2) is 53.5 Å². The molecule has 4 rings (SSSR count). The fourth-order valence-electron chi connectivity index (χ4n) is 4.37. The van der Waals surface area contributed by atoms with Gasteiger partial charge in [-0.1, -0.05) is 32.0 Å². The molecule has 7 nitrogen and oxygen atoms in total. The van der Waals surface area contributed by atoms with E-state index in [1.165, 1.54) is 0 Å². The monoisotopic (exact) mass is 476 g/mol. The third-order valence-corrected chi connectivity index (χ3v) is 6.15. The van der Waals surface area contributed by atoms with Gasteiger partial charge in [-0.05, 0) is 75.8 Å². The van der Waals surface area contributed by atoms with Crippen molar-refractivity contribution in [2.24, 2.45) is 5.92 Å². The summed E-state index contributed by atoms with van der Waals surface area (Å²) in [6.45, 7) is 11.3. The molecule has 0 unspecified atom stereocenters. The zero-order valence-electron chi connectivity index (χ0n) is 21.4. The van der Waals surface area contributed by atoms with Crippen molar-refractivity contribution in [3.63, 3.8) is 0 Å². The Balaban J connectivity index is 1.52. The van der Waals surface area contributed by atoms with E-state index in [1.807, 2.05) is 63.2 Å². The van der Waals surface area contributed by atoms with Crippen molar-refractivity contribution in [3.05, 3.63) is 64.7 Å². The quantitative estimate of drug-likeness (QED) is 0.518. The summed E-state index contributed by atoms with van der Waals surface area (Å²) in [5.41, 5.74) is 3.47. The summed E-state index contributed by atoms with van der Waals surface area (Å²) in [7, 11) is 0. The molecule has 0 bridgehead atoms. The summed E-state index contributed by atoms with van der Waals surface area (Å²) < 4.78 is 7.11. The second-order valence-corrected chi connectivity index (χ2v) is 10.7. The largest absolute Gasteiger partial charge is 0.444 e. The topological polar surface area (TPSA) is 75.9 Å². The number of likely N-dealkylation sites (tertiary alicyclic amines) is 1. The van der Waals surface area contributed by atoms with Crippen molar-refractivity contribution < 1.29 is 9.53 Å². The molecular weight excluding hydrogens is 440 g/mol. The Morgan fingerprint density at radius 3 is 2.60 bits per heavy atom. The lowest BCUT2D eigenvalue weighted by atomic mass is 9.99. The first-order chi connectivity index (χ1) is 16.6. The van der Waals surface area contributed by atoms with E-state index in [-0.39, 0.29) is 17.7 Å². The van der Waals surface area contributed by atoms with Crippen LogP contribution in [-0.2, 0) is 11.2 Å². The highest BCUT2D eigenvalue weighted by Gasteiger charge is 2.29. The summed E-state index contributed by atoms with van der Waals surface area (Å²) in [5.74, 6) is 0.525. The number of hydrogen-bond donors (Lipinski definition) is 1. The molecule has 1 N–H and O–H groups in total. The molecule has 1 saturated heterocycles. The van der Waals surface area contributed by atoms with Gasteiger partial charge >= 0.3 is 6.09 Å². The first kappa shape index (κ1) is 24.8. The average Bonchev–Trinajstić information content (AvgIpc) is 3.26. The first-order valence-electron chi connectivity index (χ1n) is 12.5. The van der Waals surface area contributed by atoms with Gasteiger partial charge in [0.25, 0.3) is 5.56 Å². The average molecular weight is 477 g/mol. The molecular formula is C28H36N4O3. The molecule has 1 aliphatic heterocycles. The maximum absolute atomic E-state index is 13.4. The Kier molecular flexibility index (Phi) is 7.15. The van der Waals surface area contributed by atoms with Crippen LogP contribution in [0.3, 0.4) is 0 Å². The van der Waals surface area contributed by atoms with Crippen LogP contribution in [0.25, 0.3) is 16.8 Å². The van der Waals surface area contributed by atoms with Crippen molar-refractivity contribution in [2.75, 3.05) is 18.4 Å². The van der Waals surface area contributed by atoms with Crippen molar-refractivity contribution >= 4 is 17.4 Å². The molecule has 186 valence electrons. The van der Waals surface area contributed by atoms with Gasteiger partial charge < -0.3 is 15.0 Å². The number of hydrogen-bond acceptors (Lipinski definition) is 5. The molecule has 0 radical (unpaired) electrons. The van der Waals surface area contributed by atoms with Crippen LogP contribution in [0.5, 0.6) is 0 Å². The molecule has 1 amide bonds. The number of pyridine rings is 1. The van der Waals surface area contributed by atoms with Crippen molar-refractivity contribution in [2.45, 2.75) is 65.5 Å². The maximum Gasteiger partial charge on any atom is 0.410 e. The van der Waals surface area contributed by atoms with Crippen LogP contribution < -0.4 is 10.9 Å². The summed E-state index contributed by atoms with van der Waals surface area (Å²) in [6, 6.07) is 13.7. The third-order valence-electron chi connectivity index (χ3n) is 6.15. The lowest BCUT2D eigenvalue weighted by Crippen LogP contribution is -2.36.